The Hall–Kier alpha value is -0.870. The lowest BCUT2D eigenvalue weighted by Gasteiger charge is -2.35. The Morgan fingerprint density at radius 2 is 2.05 bits per heavy atom. The number of nitrogens with zero attached hydrogens (tertiary/aromatic N) is 1. The molecule has 4 heteroatoms. The van der Waals surface area contributed by atoms with E-state index in [1.807, 2.05) is 17.0 Å². The van der Waals surface area contributed by atoms with Gasteiger partial charge < -0.3 is 10.0 Å². The fourth-order valence-electron chi connectivity index (χ4n) is 3.49. The van der Waals surface area contributed by atoms with E-state index in [1.165, 1.54) is 0 Å². The number of likely N-dealkylation sites (tertiary alicyclic amines) is 1. The van der Waals surface area contributed by atoms with Crippen LogP contribution in [0.3, 0.4) is 0 Å². The number of halogens is 1. The van der Waals surface area contributed by atoms with Crippen LogP contribution in [0.4, 0.5) is 0 Å². The quantitative estimate of drug-likeness (QED) is 0.905. The fourth-order valence-corrected chi connectivity index (χ4v) is 3.75. The second kappa shape index (κ2) is 6.09. The SMILES string of the molecule is O=C(N1CCCC(CCO)C1)C1(c2ccc(Br)cc2)CC1. The maximum Gasteiger partial charge on any atom is 0.233 e. The summed E-state index contributed by atoms with van der Waals surface area (Å²) in [6, 6.07) is 8.19. The molecule has 2 fully saturated rings. The van der Waals surface area contributed by atoms with Crippen molar-refractivity contribution >= 4 is 21.8 Å². The van der Waals surface area contributed by atoms with Crippen molar-refractivity contribution in [3.8, 4) is 0 Å². The summed E-state index contributed by atoms with van der Waals surface area (Å²) in [7, 11) is 0. The summed E-state index contributed by atoms with van der Waals surface area (Å²) < 4.78 is 1.05. The highest BCUT2D eigenvalue weighted by atomic mass is 79.9. The van der Waals surface area contributed by atoms with E-state index < -0.39 is 0 Å². The number of carbonyl (C=O) groups excluding carboxylic acids is 1. The van der Waals surface area contributed by atoms with Gasteiger partial charge in [0.2, 0.25) is 5.91 Å². The maximum atomic E-state index is 13.0. The predicted octanol–water partition coefficient (Wildman–Crippen LogP) is 3.10. The number of aliphatic hydroxyl groups is 1. The summed E-state index contributed by atoms with van der Waals surface area (Å²) in [5, 5.41) is 9.11. The molecule has 1 aromatic rings. The molecule has 1 amide bonds. The Labute approximate surface area is 134 Å². The molecule has 1 aliphatic carbocycles. The lowest BCUT2D eigenvalue weighted by atomic mass is 9.90. The van der Waals surface area contributed by atoms with Crippen molar-refractivity contribution in [2.45, 2.75) is 37.5 Å². The molecule has 0 aromatic heterocycles. The van der Waals surface area contributed by atoms with Gasteiger partial charge in [-0.05, 0) is 55.7 Å². The molecule has 0 bridgehead atoms. The number of piperidine rings is 1. The first kappa shape index (κ1) is 15.0. The van der Waals surface area contributed by atoms with Gasteiger partial charge in [-0.3, -0.25) is 4.79 Å². The van der Waals surface area contributed by atoms with Crippen LogP contribution in [-0.4, -0.2) is 35.6 Å². The first-order chi connectivity index (χ1) is 10.2. The van der Waals surface area contributed by atoms with Crippen LogP contribution in [0.25, 0.3) is 0 Å². The molecule has 1 aromatic carbocycles. The summed E-state index contributed by atoms with van der Waals surface area (Å²) in [5.41, 5.74) is 0.891. The molecule has 0 spiro atoms. The highest BCUT2D eigenvalue weighted by molar-refractivity contribution is 9.10. The number of amides is 1. The summed E-state index contributed by atoms with van der Waals surface area (Å²) >= 11 is 3.45. The van der Waals surface area contributed by atoms with Crippen molar-refractivity contribution < 1.29 is 9.90 Å². The van der Waals surface area contributed by atoms with Crippen molar-refractivity contribution in [3.05, 3.63) is 34.3 Å². The van der Waals surface area contributed by atoms with Crippen LogP contribution in [0, 0.1) is 5.92 Å². The second-order valence-electron chi connectivity index (χ2n) is 6.36. The van der Waals surface area contributed by atoms with Crippen LogP contribution >= 0.6 is 15.9 Å². The smallest absolute Gasteiger partial charge is 0.233 e. The zero-order valence-electron chi connectivity index (χ0n) is 12.2. The predicted molar refractivity (Wildman–Crippen MR) is 86.1 cm³/mol. The van der Waals surface area contributed by atoms with Gasteiger partial charge in [0.25, 0.3) is 0 Å². The van der Waals surface area contributed by atoms with Crippen molar-refractivity contribution in [1.29, 1.82) is 0 Å². The average Bonchev–Trinajstić information content (AvgIpc) is 3.29. The zero-order valence-corrected chi connectivity index (χ0v) is 13.8. The van der Waals surface area contributed by atoms with Gasteiger partial charge in [0.05, 0.1) is 5.41 Å². The van der Waals surface area contributed by atoms with Gasteiger partial charge in [-0.2, -0.15) is 0 Å². The third-order valence-corrected chi connectivity index (χ3v) is 5.43. The molecular formula is C17H22BrNO2. The number of benzene rings is 1. The zero-order chi connectivity index (χ0) is 14.9. The largest absolute Gasteiger partial charge is 0.396 e. The van der Waals surface area contributed by atoms with Crippen LogP contribution in [-0.2, 0) is 10.2 Å². The Morgan fingerprint density at radius 1 is 1.33 bits per heavy atom. The topological polar surface area (TPSA) is 40.5 Å². The Bertz CT molecular complexity index is 508. The van der Waals surface area contributed by atoms with Gasteiger partial charge in [0, 0.05) is 24.2 Å². The van der Waals surface area contributed by atoms with E-state index in [4.69, 9.17) is 5.11 Å². The van der Waals surface area contributed by atoms with Crippen LogP contribution in [0.15, 0.2) is 28.7 Å². The normalized spacial score (nSPS) is 23.9. The number of hydrogen-bond acceptors (Lipinski definition) is 2. The van der Waals surface area contributed by atoms with Crippen molar-refractivity contribution in [2.24, 2.45) is 5.92 Å². The number of rotatable bonds is 4. The van der Waals surface area contributed by atoms with Crippen LogP contribution in [0.2, 0.25) is 0 Å². The lowest BCUT2D eigenvalue weighted by molar-refractivity contribution is -0.136. The first-order valence-corrected chi connectivity index (χ1v) is 8.61. The maximum absolute atomic E-state index is 13.0. The van der Waals surface area contributed by atoms with Crippen molar-refractivity contribution in [3.63, 3.8) is 0 Å². The first-order valence-electron chi connectivity index (χ1n) is 7.82. The molecule has 21 heavy (non-hydrogen) atoms. The van der Waals surface area contributed by atoms with E-state index in [0.717, 1.165) is 55.2 Å². The van der Waals surface area contributed by atoms with Gasteiger partial charge in [0.15, 0.2) is 0 Å². The van der Waals surface area contributed by atoms with E-state index in [2.05, 4.69) is 28.1 Å². The Morgan fingerprint density at radius 3 is 2.67 bits per heavy atom. The highest BCUT2D eigenvalue weighted by Crippen LogP contribution is 2.50. The minimum Gasteiger partial charge on any atom is -0.396 e. The number of aliphatic hydroxyl groups excluding tert-OH is 1. The number of hydrogen-bond donors (Lipinski definition) is 1. The molecule has 1 saturated carbocycles. The summed E-state index contributed by atoms with van der Waals surface area (Å²) in [4.78, 5) is 15.0. The van der Waals surface area contributed by atoms with E-state index >= 15 is 0 Å². The molecule has 3 rings (SSSR count). The Balaban J connectivity index is 1.73. The molecule has 114 valence electrons. The third-order valence-electron chi connectivity index (χ3n) is 4.90. The third kappa shape index (κ3) is 3.02. The molecule has 3 nitrogen and oxygen atoms in total. The highest BCUT2D eigenvalue weighted by Gasteiger charge is 2.53. The van der Waals surface area contributed by atoms with E-state index in [9.17, 15) is 4.79 Å². The molecule has 2 aliphatic rings. The average molecular weight is 352 g/mol. The minimum atomic E-state index is -0.262. The number of carbonyl (C=O) groups is 1. The van der Waals surface area contributed by atoms with Gasteiger partial charge in [-0.15, -0.1) is 0 Å². The van der Waals surface area contributed by atoms with Gasteiger partial charge in [-0.1, -0.05) is 28.1 Å². The second-order valence-corrected chi connectivity index (χ2v) is 7.28. The Kier molecular flexibility index (Phi) is 4.36. The summed E-state index contributed by atoms with van der Waals surface area (Å²) in [6.45, 7) is 1.92. The molecule has 0 radical (unpaired) electrons. The fraction of sp³-hybridized carbons (Fsp3) is 0.588. The van der Waals surface area contributed by atoms with Gasteiger partial charge in [0.1, 0.15) is 0 Å². The summed E-state index contributed by atoms with van der Waals surface area (Å²) in [6.07, 6.45) is 4.95. The molecule has 1 aliphatic heterocycles. The molecule has 1 saturated heterocycles. The standard InChI is InChI=1S/C17H22BrNO2/c18-15-5-3-14(4-6-15)17(8-9-17)16(21)19-10-1-2-13(12-19)7-11-20/h3-6,13,20H,1-2,7-12H2. The van der Waals surface area contributed by atoms with Gasteiger partial charge in [-0.25, -0.2) is 0 Å². The molecule has 1 unspecified atom stereocenters. The van der Waals surface area contributed by atoms with Crippen LogP contribution in [0.1, 0.15) is 37.7 Å². The lowest BCUT2D eigenvalue weighted by Crippen LogP contribution is -2.45. The van der Waals surface area contributed by atoms with Crippen LogP contribution in [0.5, 0.6) is 0 Å². The van der Waals surface area contributed by atoms with Crippen LogP contribution < -0.4 is 0 Å². The van der Waals surface area contributed by atoms with E-state index in [-0.39, 0.29) is 12.0 Å². The van der Waals surface area contributed by atoms with Gasteiger partial charge >= 0.3 is 0 Å². The molecule has 1 N–H and O–H groups in total. The summed E-state index contributed by atoms with van der Waals surface area (Å²) in [5.74, 6) is 0.765. The monoisotopic (exact) mass is 351 g/mol. The van der Waals surface area contributed by atoms with E-state index in [1.54, 1.807) is 0 Å². The van der Waals surface area contributed by atoms with E-state index in [0.29, 0.717) is 11.8 Å². The van der Waals surface area contributed by atoms with Crippen molar-refractivity contribution in [1.82, 2.24) is 4.90 Å². The molecule has 1 atom stereocenters. The minimum absolute atomic E-state index is 0.227. The van der Waals surface area contributed by atoms with Crippen molar-refractivity contribution in [2.75, 3.05) is 19.7 Å². The molecular weight excluding hydrogens is 330 g/mol. The molecule has 1 heterocycles.